The summed E-state index contributed by atoms with van der Waals surface area (Å²) in [5.74, 6) is 2.23. The number of aromatic hydroxyl groups is 1. The largest absolute Gasteiger partial charge is 0.507 e. The van der Waals surface area contributed by atoms with Crippen LogP contribution in [-0.2, 0) is 6.61 Å². The molecule has 0 fully saturated rings. The molecule has 4 rings (SSSR count). The zero-order valence-electron chi connectivity index (χ0n) is 16.9. The Labute approximate surface area is 179 Å². The third-order valence-corrected chi connectivity index (χ3v) is 4.53. The van der Waals surface area contributed by atoms with Gasteiger partial charge in [-0.1, -0.05) is 30.3 Å². The summed E-state index contributed by atoms with van der Waals surface area (Å²) in [5, 5.41) is 10.6. The lowest BCUT2D eigenvalue weighted by molar-refractivity contribution is 0.304. The molecule has 0 aliphatic heterocycles. The molecule has 0 saturated carbocycles. The lowest BCUT2D eigenvalue weighted by Gasteiger charge is -2.13. The van der Waals surface area contributed by atoms with Crippen LogP contribution in [-0.4, -0.2) is 22.2 Å². The Bertz CT molecular complexity index is 1170. The first-order chi connectivity index (χ1) is 15.1. The molecule has 0 aliphatic carbocycles. The van der Waals surface area contributed by atoms with Crippen LogP contribution in [0.2, 0.25) is 0 Å². The van der Waals surface area contributed by atoms with Crippen molar-refractivity contribution in [1.29, 1.82) is 0 Å². The summed E-state index contributed by atoms with van der Waals surface area (Å²) >= 11 is 0. The molecular weight excluding hydrogens is 394 g/mol. The van der Waals surface area contributed by atoms with Crippen molar-refractivity contribution in [3.63, 3.8) is 0 Å². The highest BCUT2D eigenvalue weighted by Crippen LogP contribution is 2.38. The molecule has 31 heavy (non-hydrogen) atoms. The quantitative estimate of drug-likeness (QED) is 0.447. The number of ether oxygens (including phenoxy) is 3. The molecule has 0 bridgehead atoms. The van der Waals surface area contributed by atoms with Crippen LogP contribution in [0.4, 0.5) is 5.95 Å². The molecule has 3 aromatic carbocycles. The molecular formula is C24H21N3O4. The zero-order chi connectivity index (χ0) is 21.6. The highest BCUT2D eigenvalue weighted by Gasteiger charge is 2.16. The Kier molecular flexibility index (Phi) is 5.84. The van der Waals surface area contributed by atoms with Crippen molar-refractivity contribution in [2.24, 2.45) is 0 Å². The van der Waals surface area contributed by atoms with Gasteiger partial charge in [-0.2, -0.15) is 0 Å². The number of aromatic nitrogens is 2. The number of phenols is 1. The Morgan fingerprint density at radius 2 is 1.61 bits per heavy atom. The Morgan fingerprint density at radius 1 is 0.903 bits per heavy atom. The van der Waals surface area contributed by atoms with Gasteiger partial charge in [-0.05, 0) is 42.0 Å². The van der Waals surface area contributed by atoms with Gasteiger partial charge in [0.15, 0.2) is 5.75 Å². The first kappa shape index (κ1) is 20.0. The van der Waals surface area contributed by atoms with Crippen molar-refractivity contribution in [1.82, 2.24) is 9.97 Å². The smallest absolute Gasteiger partial charge is 0.220 e. The van der Waals surface area contributed by atoms with E-state index >= 15 is 0 Å². The molecule has 0 saturated heterocycles. The topological polar surface area (TPSA) is 99.7 Å². The fourth-order valence-corrected chi connectivity index (χ4v) is 2.97. The van der Waals surface area contributed by atoms with Crippen LogP contribution in [0.15, 0.2) is 79.0 Å². The highest BCUT2D eigenvalue weighted by atomic mass is 16.5. The molecule has 0 atom stereocenters. The van der Waals surface area contributed by atoms with Crippen molar-refractivity contribution in [3.05, 3.63) is 84.6 Å². The summed E-state index contributed by atoms with van der Waals surface area (Å²) in [7, 11) is 1.60. The second kappa shape index (κ2) is 9.04. The number of methoxy groups -OCH3 is 1. The number of hydrogen-bond donors (Lipinski definition) is 2. The number of phenolic OH excluding ortho intramolecular Hbond substituents is 1. The molecule has 3 N–H and O–H groups in total. The van der Waals surface area contributed by atoms with Gasteiger partial charge in [0, 0.05) is 11.6 Å². The average Bonchev–Trinajstić information content (AvgIpc) is 2.80. The van der Waals surface area contributed by atoms with Gasteiger partial charge in [0.2, 0.25) is 5.95 Å². The first-order valence-electron chi connectivity index (χ1n) is 9.57. The molecule has 0 amide bonds. The van der Waals surface area contributed by atoms with E-state index in [0.717, 1.165) is 5.56 Å². The minimum absolute atomic E-state index is 0.0109. The van der Waals surface area contributed by atoms with Crippen molar-refractivity contribution in [3.8, 4) is 40.0 Å². The number of nitrogens with zero attached hydrogens (tertiary/aromatic N) is 2. The van der Waals surface area contributed by atoms with Gasteiger partial charge in [0.25, 0.3) is 0 Å². The van der Waals surface area contributed by atoms with Crippen LogP contribution in [0.25, 0.3) is 11.3 Å². The summed E-state index contributed by atoms with van der Waals surface area (Å²) in [6.07, 6.45) is 1.47. The molecule has 0 aliphatic rings. The first-order valence-corrected chi connectivity index (χ1v) is 9.57. The summed E-state index contributed by atoms with van der Waals surface area (Å²) in [4.78, 5) is 8.29. The second-order valence-electron chi connectivity index (χ2n) is 6.67. The number of rotatable bonds is 7. The van der Waals surface area contributed by atoms with Crippen LogP contribution in [0.3, 0.4) is 0 Å². The maximum Gasteiger partial charge on any atom is 0.220 e. The predicted octanol–water partition coefficient (Wildman–Crippen LogP) is 4.81. The van der Waals surface area contributed by atoms with Crippen molar-refractivity contribution in [2.75, 3.05) is 12.8 Å². The monoisotopic (exact) mass is 415 g/mol. The van der Waals surface area contributed by atoms with Crippen LogP contribution in [0.1, 0.15) is 5.56 Å². The Balaban J connectivity index is 1.58. The van der Waals surface area contributed by atoms with Crippen molar-refractivity contribution >= 4 is 5.95 Å². The molecule has 0 spiro atoms. The molecule has 1 aromatic heterocycles. The van der Waals surface area contributed by atoms with E-state index in [4.69, 9.17) is 19.9 Å². The number of hydrogen-bond acceptors (Lipinski definition) is 7. The van der Waals surface area contributed by atoms with E-state index in [-0.39, 0.29) is 11.7 Å². The fourth-order valence-electron chi connectivity index (χ4n) is 2.97. The lowest BCUT2D eigenvalue weighted by atomic mass is 10.1. The zero-order valence-corrected chi connectivity index (χ0v) is 16.9. The second-order valence-corrected chi connectivity index (χ2v) is 6.67. The number of nitrogen functional groups attached to an aromatic ring is 1. The maximum absolute atomic E-state index is 10.6. The summed E-state index contributed by atoms with van der Waals surface area (Å²) < 4.78 is 16.9. The van der Waals surface area contributed by atoms with Gasteiger partial charge in [-0.25, -0.2) is 9.97 Å². The van der Waals surface area contributed by atoms with E-state index in [2.05, 4.69) is 9.97 Å². The fraction of sp³-hybridized carbons (Fsp3) is 0.0833. The van der Waals surface area contributed by atoms with Crippen molar-refractivity contribution in [2.45, 2.75) is 6.61 Å². The van der Waals surface area contributed by atoms with Gasteiger partial charge in [0.1, 0.15) is 35.3 Å². The summed E-state index contributed by atoms with van der Waals surface area (Å²) in [6.45, 7) is 0.395. The van der Waals surface area contributed by atoms with Crippen LogP contribution < -0.4 is 19.9 Å². The van der Waals surface area contributed by atoms with E-state index in [9.17, 15) is 5.11 Å². The minimum atomic E-state index is -0.0109. The molecule has 0 unspecified atom stereocenters. The van der Waals surface area contributed by atoms with Gasteiger partial charge in [0.05, 0.1) is 13.3 Å². The van der Waals surface area contributed by atoms with E-state index in [1.165, 1.54) is 12.3 Å². The van der Waals surface area contributed by atoms with E-state index < -0.39 is 0 Å². The third-order valence-electron chi connectivity index (χ3n) is 4.53. The number of anilines is 1. The average molecular weight is 415 g/mol. The minimum Gasteiger partial charge on any atom is -0.507 e. The Hall–Kier alpha value is -4.26. The maximum atomic E-state index is 10.6. The molecule has 156 valence electrons. The standard InChI is InChI=1S/C24H21N3O4/c1-29-17-7-9-18(10-8-17)31-22-14-26-24(25)27-23(22)20-12-11-19(13-21(20)28)30-15-16-5-3-2-4-6-16/h2-14,28H,15H2,1H3,(H2,25,26,27). The number of nitrogens with two attached hydrogens (primary N) is 1. The van der Waals surface area contributed by atoms with E-state index in [0.29, 0.717) is 40.9 Å². The van der Waals surface area contributed by atoms with Crippen molar-refractivity contribution < 1.29 is 19.3 Å². The van der Waals surface area contributed by atoms with E-state index in [1.54, 1.807) is 43.5 Å². The van der Waals surface area contributed by atoms with Gasteiger partial charge in [-0.3, -0.25) is 0 Å². The molecule has 1 heterocycles. The van der Waals surface area contributed by atoms with Gasteiger partial charge < -0.3 is 25.1 Å². The molecule has 4 aromatic rings. The Morgan fingerprint density at radius 3 is 2.32 bits per heavy atom. The molecule has 0 radical (unpaired) electrons. The van der Waals surface area contributed by atoms with Crippen LogP contribution in [0.5, 0.6) is 28.7 Å². The summed E-state index contributed by atoms with van der Waals surface area (Å²) in [6, 6.07) is 21.9. The van der Waals surface area contributed by atoms with E-state index in [1.807, 2.05) is 30.3 Å². The van der Waals surface area contributed by atoms with Gasteiger partial charge >= 0.3 is 0 Å². The normalized spacial score (nSPS) is 10.5. The van der Waals surface area contributed by atoms with Gasteiger partial charge in [-0.15, -0.1) is 0 Å². The molecule has 7 heteroatoms. The van der Waals surface area contributed by atoms with Crippen LogP contribution in [0, 0.1) is 0 Å². The predicted molar refractivity (Wildman–Crippen MR) is 117 cm³/mol. The summed E-state index contributed by atoms with van der Waals surface area (Å²) in [5.41, 5.74) is 7.64. The van der Waals surface area contributed by atoms with Crippen LogP contribution >= 0.6 is 0 Å². The number of benzene rings is 3. The lowest BCUT2D eigenvalue weighted by Crippen LogP contribution is -2.00. The molecule has 7 nitrogen and oxygen atoms in total. The SMILES string of the molecule is COc1ccc(Oc2cnc(N)nc2-c2ccc(OCc3ccccc3)cc2O)cc1. The highest BCUT2D eigenvalue weighted by molar-refractivity contribution is 5.73. The third kappa shape index (κ3) is 4.84.